The fourth-order valence-electron chi connectivity index (χ4n) is 2.77. The summed E-state index contributed by atoms with van der Waals surface area (Å²) in [7, 11) is 1.66. The first-order valence-electron chi connectivity index (χ1n) is 8.42. The fourth-order valence-corrected chi connectivity index (χ4v) is 2.77. The van der Waals surface area contributed by atoms with Crippen LogP contribution in [0.1, 0.15) is 48.2 Å². The molecule has 0 unspecified atom stereocenters. The number of aryl methyl sites for hydroxylation is 1. The predicted molar refractivity (Wildman–Crippen MR) is 96.7 cm³/mol. The van der Waals surface area contributed by atoms with Gasteiger partial charge in [-0.2, -0.15) is 0 Å². The van der Waals surface area contributed by atoms with E-state index >= 15 is 0 Å². The number of ether oxygens (including phenoxy) is 2. The van der Waals surface area contributed by atoms with Crippen molar-refractivity contribution in [3.05, 3.63) is 51.2 Å². The van der Waals surface area contributed by atoms with Crippen molar-refractivity contribution < 1.29 is 14.3 Å². The molecule has 0 atom stereocenters. The molecule has 1 aliphatic heterocycles. The van der Waals surface area contributed by atoms with Gasteiger partial charge in [0, 0.05) is 19.0 Å². The van der Waals surface area contributed by atoms with Crippen molar-refractivity contribution in [3.63, 3.8) is 0 Å². The number of nitrogens with one attached hydrogen (secondary N) is 1. The molecule has 0 aliphatic carbocycles. The van der Waals surface area contributed by atoms with Crippen molar-refractivity contribution in [2.75, 3.05) is 13.8 Å². The van der Waals surface area contributed by atoms with E-state index in [-0.39, 0.29) is 23.7 Å². The molecule has 0 fully saturated rings. The molecule has 1 N–H and O–H groups in total. The van der Waals surface area contributed by atoms with Crippen LogP contribution < -0.4 is 15.0 Å². The Bertz CT molecular complexity index is 912. The number of rotatable bonds is 3. The molecule has 0 bridgehead atoms. The third kappa shape index (κ3) is 3.42. The summed E-state index contributed by atoms with van der Waals surface area (Å²) in [6, 6.07) is 5.52. The first kappa shape index (κ1) is 18.0. The van der Waals surface area contributed by atoms with Crippen LogP contribution in [0.5, 0.6) is 11.5 Å². The van der Waals surface area contributed by atoms with Gasteiger partial charge in [0.05, 0.1) is 5.69 Å². The number of nitrogens with zero attached hydrogens (tertiary/aromatic N) is 2. The summed E-state index contributed by atoms with van der Waals surface area (Å²) in [6.45, 7) is 8.10. The maximum atomic E-state index is 12.8. The summed E-state index contributed by atoms with van der Waals surface area (Å²) in [5, 5.41) is 0. The van der Waals surface area contributed by atoms with E-state index in [9.17, 15) is 9.59 Å². The van der Waals surface area contributed by atoms with Crippen molar-refractivity contribution in [2.45, 2.75) is 39.7 Å². The molecular weight excluding hydrogens is 334 g/mol. The van der Waals surface area contributed by atoms with Crippen LogP contribution in [0.3, 0.4) is 0 Å². The highest BCUT2D eigenvalue weighted by Gasteiger charge is 2.24. The van der Waals surface area contributed by atoms with Gasteiger partial charge in [-0.15, -0.1) is 0 Å². The molecule has 2 heterocycles. The molecule has 0 saturated heterocycles. The van der Waals surface area contributed by atoms with Gasteiger partial charge in [0.25, 0.3) is 11.5 Å². The zero-order valence-corrected chi connectivity index (χ0v) is 15.7. The second-order valence-electron chi connectivity index (χ2n) is 7.47. The van der Waals surface area contributed by atoms with Gasteiger partial charge in [-0.25, -0.2) is 4.98 Å². The molecule has 1 aromatic carbocycles. The Kier molecular flexibility index (Phi) is 4.48. The predicted octanol–water partition coefficient (Wildman–Crippen LogP) is 2.38. The van der Waals surface area contributed by atoms with E-state index in [4.69, 9.17) is 9.47 Å². The zero-order chi connectivity index (χ0) is 19.1. The number of carbonyl (C=O) groups excluding carboxylic acids is 1. The summed E-state index contributed by atoms with van der Waals surface area (Å²) in [6.07, 6.45) is 0. The molecule has 138 valence electrons. The van der Waals surface area contributed by atoms with Gasteiger partial charge in [0.2, 0.25) is 6.79 Å². The average molecular weight is 357 g/mol. The van der Waals surface area contributed by atoms with E-state index in [1.165, 1.54) is 4.90 Å². The molecule has 7 nitrogen and oxygen atoms in total. The molecule has 1 amide bonds. The van der Waals surface area contributed by atoms with Gasteiger partial charge < -0.3 is 19.4 Å². The van der Waals surface area contributed by atoms with E-state index < -0.39 is 5.56 Å². The number of hydrogen-bond acceptors (Lipinski definition) is 5. The van der Waals surface area contributed by atoms with E-state index in [1.54, 1.807) is 14.0 Å². The largest absolute Gasteiger partial charge is 0.454 e. The number of benzene rings is 1. The lowest BCUT2D eigenvalue weighted by Gasteiger charge is -2.21. The number of aromatic amines is 1. The number of carbonyl (C=O) groups is 1. The van der Waals surface area contributed by atoms with Crippen LogP contribution in [0.2, 0.25) is 0 Å². The normalized spacial score (nSPS) is 13.0. The summed E-state index contributed by atoms with van der Waals surface area (Å²) < 4.78 is 10.6. The Labute approximate surface area is 152 Å². The van der Waals surface area contributed by atoms with Crippen LogP contribution in [0.4, 0.5) is 0 Å². The molecular formula is C19H23N3O4. The quantitative estimate of drug-likeness (QED) is 0.912. The molecule has 0 spiro atoms. The maximum absolute atomic E-state index is 12.8. The number of fused-ring (bicyclic) bond motifs is 1. The first-order chi connectivity index (χ1) is 12.2. The highest BCUT2D eigenvalue weighted by atomic mass is 16.7. The number of amides is 1. The standard InChI is InChI=1S/C19H23N3O4/c1-11-15(16(23)21-18(20-11)19(2,3)4)17(24)22(5)9-12-6-7-13-14(8-12)26-10-25-13/h6-8H,9-10H2,1-5H3,(H,20,21,23). The summed E-state index contributed by atoms with van der Waals surface area (Å²) in [5.74, 6) is 1.55. The van der Waals surface area contributed by atoms with Crippen LogP contribution in [-0.4, -0.2) is 34.6 Å². The summed E-state index contributed by atoms with van der Waals surface area (Å²) in [5.41, 5.74) is 0.676. The van der Waals surface area contributed by atoms with E-state index in [0.29, 0.717) is 29.6 Å². The van der Waals surface area contributed by atoms with Gasteiger partial charge in [-0.1, -0.05) is 26.8 Å². The maximum Gasteiger partial charge on any atom is 0.264 e. The number of aromatic nitrogens is 2. The van der Waals surface area contributed by atoms with Crippen molar-refractivity contribution in [1.29, 1.82) is 0 Å². The van der Waals surface area contributed by atoms with Crippen LogP contribution in [0.15, 0.2) is 23.0 Å². The molecule has 1 aromatic heterocycles. The van der Waals surface area contributed by atoms with E-state index in [1.807, 2.05) is 39.0 Å². The third-order valence-electron chi connectivity index (χ3n) is 4.23. The van der Waals surface area contributed by atoms with Crippen molar-refractivity contribution in [1.82, 2.24) is 14.9 Å². The third-order valence-corrected chi connectivity index (χ3v) is 4.23. The van der Waals surface area contributed by atoms with Crippen LogP contribution in [-0.2, 0) is 12.0 Å². The average Bonchev–Trinajstić information content (AvgIpc) is 3.00. The van der Waals surface area contributed by atoms with E-state index in [0.717, 1.165) is 5.56 Å². The molecule has 3 rings (SSSR count). The topological polar surface area (TPSA) is 84.5 Å². The SMILES string of the molecule is Cc1nc(C(C)(C)C)[nH]c(=O)c1C(=O)N(C)Cc1ccc2c(c1)OCO2. The lowest BCUT2D eigenvalue weighted by atomic mass is 9.95. The number of hydrogen-bond donors (Lipinski definition) is 1. The van der Waals surface area contributed by atoms with Crippen molar-refractivity contribution in [2.24, 2.45) is 0 Å². The smallest absolute Gasteiger partial charge is 0.264 e. The Morgan fingerprint density at radius 2 is 1.96 bits per heavy atom. The lowest BCUT2D eigenvalue weighted by Crippen LogP contribution is -2.34. The minimum atomic E-state index is -0.412. The molecule has 2 aromatic rings. The molecule has 0 radical (unpaired) electrons. The Balaban J connectivity index is 1.84. The van der Waals surface area contributed by atoms with Gasteiger partial charge in [0.15, 0.2) is 11.5 Å². The van der Waals surface area contributed by atoms with Crippen LogP contribution >= 0.6 is 0 Å². The van der Waals surface area contributed by atoms with Crippen LogP contribution in [0, 0.1) is 6.92 Å². The minimum absolute atomic E-state index is 0.0706. The monoisotopic (exact) mass is 357 g/mol. The summed E-state index contributed by atoms with van der Waals surface area (Å²) >= 11 is 0. The Hall–Kier alpha value is -2.83. The Morgan fingerprint density at radius 3 is 2.62 bits per heavy atom. The molecule has 7 heteroatoms. The second-order valence-corrected chi connectivity index (χ2v) is 7.47. The van der Waals surface area contributed by atoms with Gasteiger partial charge in [0.1, 0.15) is 11.4 Å². The first-order valence-corrected chi connectivity index (χ1v) is 8.42. The van der Waals surface area contributed by atoms with Gasteiger partial charge in [-0.05, 0) is 24.6 Å². The van der Waals surface area contributed by atoms with Crippen LogP contribution in [0.25, 0.3) is 0 Å². The minimum Gasteiger partial charge on any atom is -0.454 e. The Morgan fingerprint density at radius 1 is 1.27 bits per heavy atom. The highest BCUT2D eigenvalue weighted by molar-refractivity contribution is 5.94. The van der Waals surface area contributed by atoms with Gasteiger partial charge in [-0.3, -0.25) is 9.59 Å². The fraction of sp³-hybridized carbons (Fsp3) is 0.421. The molecule has 1 aliphatic rings. The lowest BCUT2D eigenvalue weighted by molar-refractivity contribution is 0.0781. The second kappa shape index (κ2) is 6.48. The molecule has 0 saturated carbocycles. The number of H-pyrrole nitrogens is 1. The molecule has 26 heavy (non-hydrogen) atoms. The summed E-state index contributed by atoms with van der Waals surface area (Å²) in [4.78, 5) is 33.9. The zero-order valence-electron chi connectivity index (χ0n) is 15.7. The van der Waals surface area contributed by atoms with E-state index in [2.05, 4.69) is 9.97 Å². The van der Waals surface area contributed by atoms with Crippen molar-refractivity contribution >= 4 is 5.91 Å². The highest BCUT2D eigenvalue weighted by Crippen LogP contribution is 2.32. The van der Waals surface area contributed by atoms with Crippen molar-refractivity contribution in [3.8, 4) is 11.5 Å². The van der Waals surface area contributed by atoms with Gasteiger partial charge >= 0.3 is 0 Å².